The Morgan fingerprint density at radius 1 is 1.05 bits per heavy atom. The molecule has 0 spiro atoms. The van der Waals surface area contributed by atoms with Crippen molar-refractivity contribution in [1.82, 2.24) is 10.3 Å². The second-order valence-electron chi connectivity index (χ2n) is 4.82. The van der Waals surface area contributed by atoms with Crippen LogP contribution < -0.4 is 15.0 Å². The monoisotopic (exact) mass is 280 g/mol. The highest BCUT2D eigenvalue weighted by Gasteiger charge is 2.10. The van der Waals surface area contributed by atoms with Crippen LogP contribution in [0.5, 0.6) is 11.5 Å². The second-order valence-corrected chi connectivity index (χ2v) is 4.82. The molecule has 1 saturated heterocycles. The van der Waals surface area contributed by atoms with E-state index in [2.05, 4.69) is 27.3 Å². The molecule has 0 bridgehead atoms. The zero-order valence-corrected chi connectivity index (χ0v) is 11.6. The first kappa shape index (κ1) is 13.4. The van der Waals surface area contributed by atoms with Crippen molar-refractivity contribution in [2.45, 2.75) is 0 Å². The smallest absolute Gasteiger partial charge is 0.145 e. The van der Waals surface area contributed by atoms with Crippen LogP contribution in [0.25, 0.3) is 0 Å². The lowest BCUT2D eigenvalue weighted by molar-refractivity contribution is 0.480. The fraction of sp³-hybridized carbons (Fsp3) is 0.250. The number of hydrogen-bond donors (Lipinski definition) is 1. The summed E-state index contributed by atoms with van der Waals surface area (Å²) in [5, 5.41) is 12.1. The van der Waals surface area contributed by atoms with E-state index in [0.717, 1.165) is 31.9 Å². The van der Waals surface area contributed by atoms with Crippen molar-refractivity contribution < 1.29 is 4.74 Å². The van der Waals surface area contributed by atoms with Gasteiger partial charge in [0.1, 0.15) is 23.3 Å². The summed E-state index contributed by atoms with van der Waals surface area (Å²) in [5.41, 5.74) is 1.60. The van der Waals surface area contributed by atoms with Gasteiger partial charge < -0.3 is 15.0 Å². The predicted molar refractivity (Wildman–Crippen MR) is 80.6 cm³/mol. The average molecular weight is 280 g/mol. The molecule has 21 heavy (non-hydrogen) atoms. The maximum absolute atomic E-state index is 8.71. The van der Waals surface area contributed by atoms with Gasteiger partial charge in [-0.25, -0.2) is 4.98 Å². The largest absolute Gasteiger partial charge is 0.456 e. The summed E-state index contributed by atoms with van der Waals surface area (Å²) in [4.78, 5) is 6.33. The lowest BCUT2D eigenvalue weighted by Gasteiger charge is -2.29. The minimum Gasteiger partial charge on any atom is -0.456 e. The third-order valence-corrected chi connectivity index (χ3v) is 3.41. The molecule has 1 aromatic heterocycles. The molecule has 1 aliphatic rings. The van der Waals surface area contributed by atoms with Crippen LogP contribution in [0.1, 0.15) is 5.69 Å². The summed E-state index contributed by atoms with van der Waals surface area (Å²) in [6, 6.07) is 13.4. The summed E-state index contributed by atoms with van der Waals surface area (Å²) in [7, 11) is 0. The number of aromatic nitrogens is 1. The van der Waals surface area contributed by atoms with Gasteiger partial charge in [-0.05, 0) is 36.4 Å². The van der Waals surface area contributed by atoms with Crippen molar-refractivity contribution in [1.29, 1.82) is 5.26 Å². The van der Waals surface area contributed by atoms with Crippen LogP contribution >= 0.6 is 0 Å². The molecule has 1 aliphatic heterocycles. The molecule has 0 aliphatic carbocycles. The first-order chi connectivity index (χ1) is 10.3. The fourth-order valence-electron chi connectivity index (χ4n) is 2.29. The fourth-order valence-corrected chi connectivity index (χ4v) is 2.29. The van der Waals surface area contributed by atoms with Gasteiger partial charge in [-0.3, -0.25) is 0 Å². The molecular formula is C16H16N4O. The number of nitrogens with zero attached hydrogens (tertiary/aromatic N) is 3. The number of benzene rings is 1. The number of hydrogen-bond acceptors (Lipinski definition) is 5. The van der Waals surface area contributed by atoms with Gasteiger partial charge in [-0.1, -0.05) is 0 Å². The van der Waals surface area contributed by atoms with E-state index in [9.17, 15) is 0 Å². The van der Waals surface area contributed by atoms with E-state index in [1.54, 1.807) is 18.3 Å². The molecule has 0 saturated carbocycles. The van der Waals surface area contributed by atoms with Crippen LogP contribution in [0.4, 0.5) is 5.69 Å². The topological polar surface area (TPSA) is 61.2 Å². The quantitative estimate of drug-likeness (QED) is 0.933. The highest BCUT2D eigenvalue weighted by Crippen LogP contribution is 2.24. The van der Waals surface area contributed by atoms with Gasteiger partial charge in [-0.15, -0.1) is 0 Å². The normalized spacial score (nSPS) is 14.5. The van der Waals surface area contributed by atoms with Crippen molar-refractivity contribution in [2.75, 3.05) is 31.1 Å². The molecule has 1 N–H and O–H groups in total. The molecule has 2 heterocycles. The van der Waals surface area contributed by atoms with E-state index >= 15 is 0 Å². The van der Waals surface area contributed by atoms with Crippen molar-refractivity contribution in [3.8, 4) is 17.6 Å². The van der Waals surface area contributed by atoms with Crippen LogP contribution in [0.3, 0.4) is 0 Å². The van der Waals surface area contributed by atoms with Gasteiger partial charge in [-0.2, -0.15) is 5.26 Å². The SMILES string of the molecule is N#Cc1ccc(Oc2ccc(N3CCNCC3)cc2)cn1. The van der Waals surface area contributed by atoms with Crippen LogP contribution in [-0.2, 0) is 0 Å². The van der Waals surface area contributed by atoms with Crippen LogP contribution in [0, 0.1) is 11.3 Å². The summed E-state index contributed by atoms with van der Waals surface area (Å²) in [6.45, 7) is 4.10. The first-order valence-corrected chi connectivity index (χ1v) is 6.95. The molecule has 5 heteroatoms. The highest BCUT2D eigenvalue weighted by molar-refractivity contribution is 5.50. The summed E-state index contributed by atoms with van der Waals surface area (Å²) in [6.07, 6.45) is 1.56. The minimum atomic E-state index is 0.386. The Balaban J connectivity index is 1.67. The summed E-state index contributed by atoms with van der Waals surface area (Å²) >= 11 is 0. The van der Waals surface area contributed by atoms with E-state index < -0.39 is 0 Å². The predicted octanol–water partition coefficient (Wildman–Crippen LogP) is 2.16. The van der Waals surface area contributed by atoms with Gasteiger partial charge in [0.2, 0.25) is 0 Å². The Labute approximate surface area is 123 Å². The first-order valence-electron chi connectivity index (χ1n) is 6.95. The lowest BCUT2D eigenvalue weighted by Crippen LogP contribution is -2.43. The molecular weight excluding hydrogens is 264 g/mol. The van der Waals surface area contributed by atoms with Crippen LogP contribution in [0.2, 0.25) is 0 Å². The molecule has 0 amide bonds. The molecule has 3 rings (SSSR count). The van der Waals surface area contributed by atoms with Crippen molar-refractivity contribution in [3.63, 3.8) is 0 Å². The number of piperazine rings is 1. The zero-order chi connectivity index (χ0) is 14.5. The Morgan fingerprint density at radius 3 is 2.38 bits per heavy atom. The molecule has 0 atom stereocenters. The molecule has 2 aromatic rings. The molecule has 1 aromatic carbocycles. The number of ether oxygens (including phenoxy) is 1. The summed E-state index contributed by atoms with van der Waals surface area (Å²) in [5.74, 6) is 1.39. The molecule has 1 fully saturated rings. The third-order valence-electron chi connectivity index (χ3n) is 3.41. The zero-order valence-electron chi connectivity index (χ0n) is 11.6. The number of pyridine rings is 1. The molecule has 106 valence electrons. The average Bonchev–Trinajstić information content (AvgIpc) is 2.57. The number of nitrogens with one attached hydrogen (secondary N) is 1. The highest BCUT2D eigenvalue weighted by atomic mass is 16.5. The molecule has 0 unspecified atom stereocenters. The maximum Gasteiger partial charge on any atom is 0.145 e. The summed E-state index contributed by atoms with van der Waals surface area (Å²) < 4.78 is 5.72. The second kappa shape index (κ2) is 6.25. The minimum absolute atomic E-state index is 0.386. The Kier molecular flexibility index (Phi) is 3.99. The van der Waals surface area contributed by atoms with Crippen LogP contribution in [0.15, 0.2) is 42.6 Å². The number of anilines is 1. The van der Waals surface area contributed by atoms with Crippen LogP contribution in [-0.4, -0.2) is 31.2 Å². The van der Waals surface area contributed by atoms with Crippen molar-refractivity contribution >= 4 is 5.69 Å². The number of rotatable bonds is 3. The Morgan fingerprint density at radius 2 is 1.76 bits per heavy atom. The standard InChI is InChI=1S/C16H16N4O/c17-11-13-1-4-16(12-19-13)21-15-5-2-14(3-6-15)20-9-7-18-8-10-20/h1-6,12,18H,7-10H2. The van der Waals surface area contributed by atoms with Gasteiger partial charge in [0.15, 0.2) is 0 Å². The van der Waals surface area contributed by atoms with E-state index in [1.807, 2.05) is 18.2 Å². The van der Waals surface area contributed by atoms with E-state index in [1.165, 1.54) is 5.69 Å². The van der Waals surface area contributed by atoms with Gasteiger partial charge in [0, 0.05) is 31.9 Å². The molecule has 0 radical (unpaired) electrons. The Bertz CT molecular complexity index is 625. The van der Waals surface area contributed by atoms with E-state index in [0.29, 0.717) is 11.4 Å². The van der Waals surface area contributed by atoms with Crippen molar-refractivity contribution in [3.05, 3.63) is 48.3 Å². The van der Waals surface area contributed by atoms with E-state index in [4.69, 9.17) is 10.00 Å². The van der Waals surface area contributed by atoms with Crippen molar-refractivity contribution in [2.24, 2.45) is 0 Å². The van der Waals surface area contributed by atoms with Gasteiger partial charge in [0.05, 0.1) is 6.20 Å². The lowest BCUT2D eigenvalue weighted by atomic mass is 10.2. The van der Waals surface area contributed by atoms with E-state index in [-0.39, 0.29) is 0 Å². The van der Waals surface area contributed by atoms with Gasteiger partial charge >= 0.3 is 0 Å². The maximum atomic E-state index is 8.71. The Hall–Kier alpha value is -2.58. The molecule has 5 nitrogen and oxygen atoms in total. The van der Waals surface area contributed by atoms with Gasteiger partial charge in [0.25, 0.3) is 0 Å². The third kappa shape index (κ3) is 3.30. The number of nitriles is 1.